The smallest absolute Gasteiger partial charge is 0.317 e. The Morgan fingerprint density at radius 3 is 3.00 bits per heavy atom. The molecule has 1 aromatic rings. The minimum Gasteiger partial charge on any atom is -0.336 e. The first-order chi connectivity index (χ1) is 7.29. The van der Waals surface area contributed by atoms with E-state index in [0.717, 1.165) is 18.4 Å². The maximum atomic E-state index is 11.3. The van der Waals surface area contributed by atoms with Crippen LogP contribution in [0.3, 0.4) is 0 Å². The Kier molecular flexibility index (Phi) is 2.67. The van der Waals surface area contributed by atoms with Crippen LogP contribution in [0.25, 0.3) is 0 Å². The molecule has 0 aromatic heterocycles. The average molecular weight is 204 g/mol. The number of carbonyl (C=O) groups is 2. The lowest BCUT2D eigenvalue weighted by atomic mass is 10.1. The molecule has 2 rings (SSSR count). The van der Waals surface area contributed by atoms with Gasteiger partial charge in [-0.15, -0.1) is 0 Å². The van der Waals surface area contributed by atoms with Crippen molar-refractivity contribution in [1.29, 1.82) is 0 Å². The van der Waals surface area contributed by atoms with Gasteiger partial charge in [-0.1, -0.05) is 18.2 Å². The zero-order chi connectivity index (χ0) is 10.7. The fraction of sp³-hybridized carbons (Fsp3) is 0.273. The van der Waals surface area contributed by atoms with E-state index >= 15 is 0 Å². The van der Waals surface area contributed by atoms with Crippen LogP contribution in [0.2, 0.25) is 0 Å². The quantitative estimate of drug-likeness (QED) is 0.747. The van der Waals surface area contributed by atoms with Crippen molar-refractivity contribution in [3.63, 3.8) is 0 Å². The maximum Gasteiger partial charge on any atom is 0.317 e. The van der Waals surface area contributed by atoms with Crippen LogP contribution in [-0.4, -0.2) is 30.3 Å². The van der Waals surface area contributed by atoms with E-state index in [-0.39, 0.29) is 6.03 Å². The third-order valence-corrected chi connectivity index (χ3v) is 2.41. The zero-order valence-electron chi connectivity index (χ0n) is 8.27. The molecule has 1 aliphatic heterocycles. The Labute approximate surface area is 87.9 Å². The van der Waals surface area contributed by atoms with E-state index < -0.39 is 0 Å². The Balaban J connectivity index is 2.09. The van der Waals surface area contributed by atoms with Crippen molar-refractivity contribution in [2.45, 2.75) is 6.54 Å². The van der Waals surface area contributed by atoms with E-state index in [1.54, 1.807) is 17.0 Å². The highest BCUT2D eigenvalue weighted by Gasteiger charge is 2.18. The molecule has 1 heterocycles. The van der Waals surface area contributed by atoms with Crippen LogP contribution < -0.4 is 5.32 Å². The Morgan fingerprint density at radius 2 is 2.33 bits per heavy atom. The van der Waals surface area contributed by atoms with Crippen molar-refractivity contribution in [1.82, 2.24) is 10.2 Å². The number of amides is 2. The second-order valence-corrected chi connectivity index (χ2v) is 3.52. The van der Waals surface area contributed by atoms with E-state index in [0.29, 0.717) is 18.7 Å². The van der Waals surface area contributed by atoms with Crippen molar-refractivity contribution in [3.05, 3.63) is 35.4 Å². The molecule has 1 saturated heterocycles. The lowest BCUT2D eigenvalue weighted by Crippen LogP contribution is -2.27. The Hall–Kier alpha value is -1.84. The van der Waals surface area contributed by atoms with Crippen molar-refractivity contribution >= 4 is 12.3 Å². The van der Waals surface area contributed by atoms with E-state index in [1.807, 2.05) is 12.1 Å². The number of nitrogens with one attached hydrogen (secondary N) is 1. The minimum atomic E-state index is -0.0356. The summed E-state index contributed by atoms with van der Waals surface area (Å²) in [6.45, 7) is 1.99. The molecular formula is C11H12N2O2. The molecule has 1 N–H and O–H groups in total. The number of urea groups is 1. The summed E-state index contributed by atoms with van der Waals surface area (Å²) in [7, 11) is 0. The number of hydrogen-bond donors (Lipinski definition) is 1. The predicted molar refractivity (Wildman–Crippen MR) is 55.6 cm³/mol. The Bertz CT molecular complexity index is 390. The van der Waals surface area contributed by atoms with Gasteiger partial charge in [-0.2, -0.15) is 0 Å². The van der Waals surface area contributed by atoms with E-state index in [2.05, 4.69) is 5.32 Å². The highest BCUT2D eigenvalue weighted by atomic mass is 16.2. The predicted octanol–water partition coefficient (Wildman–Crippen LogP) is 1.02. The molecule has 0 spiro atoms. The summed E-state index contributed by atoms with van der Waals surface area (Å²) < 4.78 is 0. The monoisotopic (exact) mass is 204 g/mol. The van der Waals surface area contributed by atoms with Crippen LogP contribution in [0, 0.1) is 0 Å². The summed E-state index contributed by atoms with van der Waals surface area (Å²) in [5.41, 5.74) is 1.63. The van der Waals surface area contributed by atoms with Crippen molar-refractivity contribution in [3.8, 4) is 0 Å². The fourth-order valence-corrected chi connectivity index (χ4v) is 1.65. The summed E-state index contributed by atoms with van der Waals surface area (Å²) in [6, 6.07) is 7.26. The van der Waals surface area contributed by atoms with Crippen LogP contribution >= 0.6 is 0 Å². The van der Waals surface area contributed by atoms with Crippen molar-refractivity contribution < 1.29 is 9.59 Å². The first kappa shape index (κ1) is 9.71. The number of carbonyl (C=O) groups excluding carboxylic acids is 2. The van der Waals surface area contributed by atoms with Gasteiger partial charge in [0.25, 0.3) is 0 Å². The number of hydrogen-bond acceptors (Lipinski definition) is 2. The lowest BCUT2D eigenvalue weighted by molar-refractivity contribution is 0.112. The van der Waals surface area contributed by atoms with Crippen LogP contribution in [0.15, 0.2) is 24.3 Å². The molecule has 0 unspecified atom stereocenters. The molecule has 0 saturated carbocycles. The molecule has 1 aromatic carbocycles. The summed E-state index contributed by atoms with van der Waals surface area (Å²) in [4.78, 5) is 23.6. The van der Waals surface area contributed by atoms with Gasteiger partial charge in [0, 0.05) is 25.2 Å². The molecular weight excluding hydrogens is 192 g/mol. The van der Waals surface area contributed by atoms with Gasteiger partial charge in [0.15, 0.2) is 0 Å². The lowest BCUT2D eigenvalue weighted by Gasteiger charge is -2.13. The van der Waals surface area contributed by atoms with Crippen molar-refractivity contribution in [2.24, 2.45) is 0 Å². The highest BCUT2D eigenvalue weighted by Crippen LogP contribution is 2.08. The number of benzene rings is 1. The average Bonchev–Trinajstić information content (AvgIpc) is 2.65. The molecule has 0 aliphatic carbocycles. The van der Waals surface area contributed by atoms with Crippen LogP contribution in [-0.2, 0) is 6.54 Å². The summed E-state index contributed by atoms with van der Waals surface area (Å²) in [5, 5.41) is 2.74. The Morgan fingerprint density at radius 1 is 1.47 bits per heavy atom. The molecule has 15 heavy (non-hydrogen) atoms. The van der Waals surface area contributed by atoms with Gasteiger partial charge in [-0.05, 0) is 11.6 Å². The molecule has 1 aliphatic rings. The van der Waals surface area contributed by atoms with E-state index in [9.17, 15) is 9.59 Å². The summed E-state index contributed by atoms with van der Waals surface area (Å²) >= 11 is 0. The molecule has 0 radical (unpaired) electrons. The summed E-state index contributed by atoms with van der Waals surface area (Å²) in [5.74, 6) is 0. The maximum absolute atomic E-state index is 11.3. The highest BCUT2D eigenvalue weighted by molar-refractivity contribution is 5.77. The van der Waals surface area contributed by atoms with Gasteiger partial charge in [0.05, 0.1) is 0 Å². The van der Waals surface area contributed by atoms with Crippen LogP contribution in [0.1, 0.15) is 15.9 Å². The molecule has 1 fully saturated rings. The van der Waals surface area contributed by atoms with Crippen LogP contribution in [0.5, 0.6) is 0 Å². The number of nitrogens with zero attached hydrogens (tertiary/aromatic N) is 1. The van der Waals surface area contributed by atoms with Gasteiger partial charge in [-0.25, -0.2) is 4.79 Å². The number of aldehydes is 1. The van der Waals surface area contributed by atoms with Gasteiger partial charge in [-0.3, -0.25) is 4.79 Å². The second-order valence-electron chi connectivity index (χ2n) is 3.52. The number of rotatable bonds is 3. The molecule has 0 bridgehead atoms. The standard InChI is InChI=1S/C11H12N2O2/c14-8-10-3-1-2-9(6-10)7-13-5-4-12-11(13)15/h1-3,6,8H,4-5,7H2,(H,12,15). The third-order valence-electron chi connectivity index (χ3n) is 2.41. The molecule has 2 amide bonds. The van der Waals surface area contributed by atoms with Gasteiger partial charge < -0.3 is 10.2 Å². The van der Waals surface area contributed by atoms with Gasteiger partial charge in [0.1, 0.15) is 6.29 Å². The topological polar surface area (TPSA) is 49.4 Å². The fourth-order valence-electron chi connectivity index (χ4n) is 1.65. The van der Waals surface area contributed by atoms with Gasteiger partial charge in [0.2, 0.25) is 0 Å². The van der Waals surface area contributed by atoms with Gasteiger partial charge >= 0.3 is 6.03 Å². The van der Waals surface area contributed by atoms with E-state index in [4.69, 9.17) is 0 Å². The third kappa shape index (κ3) is 2.15. The second kappa shape index (κ2) is 4.13. The molecule has 78 valence electrons. The van der Waals surface area contributed by atoms with Crippen LogP contribution in [0.4, 0.5) is 4.79 Å². The van der Waals surface area contributed by atoms with E-state index in [1.165, 1.54) is 0 Å². The largest absolute Gasteiger partial charge is 0.336 e. The zero-order valence-corrected chi connectivity index (χ0v) is 8.27. The normalized spacial score (nSPS) is 15.2. The summed E-state index contributed by atoms with van der Waals surface area (Å²) in [6.07, 6.45) is 0.813. The minimum absolute atomic E-state index is 0.0356. The molecule has 4 nitrogen and oxygen atoms in total. The first-order valence-electron chi connectivity index (χ1n) is 4.86. The van der Waals surface area contributed by atoms with Crippen molar-refractivity contribution in [2.75, 3.05) is 13.1 Å². The molecule has 0 atom stereocenters. The SMILES string of the molecule is O=Cc1cccc(CN2CCNC2=O)c1. The molecule has 4 heteroatoms. The first-order valence-corrected chi connectivity index (χ1v) is 4.86.